The highest BCUT2D eigenvalue weighted by Crippen LogP contribution is 2.29. The van der Waals surface area contributed by atoms with Crippen LogP contribution in [0.15, 0.2) is 0 Å². The summed E-state index contributed by atoms with van der Waals surface area (Å²) < 4.78 is 0. The van der Waals surface area contributed by atoms with E-state index in [9.17, 15) is 0 Å². The maximum Gasteiger partial charge on any atom is 0.00697 e. The van der Waals surface area contributed by atoms with Crippen molar-refractivity contribution < 1.29 is 0 Å². The lowest BCUT2D eigenvalue weighted by atomic mass is 9.97. The molecular formula is C15H29N. The second kappa shape index (κ2) is 6.05. The highest BCUT2D eigenvalue weighted by atomic mass is 14.9. The molecule has 1 nitrogen and oxygen atoms in total. The van der Waals surface area contributed by atoms with E-state index in [-0.39, 0.29) is 0 Å². The molecule has 0 amide bonds. The zero-order valence-corrected chi connectivity index (χ0v) is 11.2. The molecule has 0 aliphatic heterocycles. The van der Waals surface area contributed by atoms with Crippen LogP contribution in [-0.4, -0.2) is 12.1 Å². The Hall–Kier alpha value is -0.0400. The predicted molar refractivity (Wildman–Crippen MR) is 70.6 cm³/mol. The van der Waals surface area contributed by atoms with Gasteiger partial charge in [-0.3, -0.25) is 0 Å². The molecule has 3 atom stereocenters. The summed E-state index contributed by atoms with van der Waals surface area (Å²) in [5, 5.41) is 3.92. The molecule has 2 rings (SSSR count). The van der Waals surface area contributed by atoms with E-state index in [4.69, 9.17) is 0 Å². The summed E-state index contributed by atoms with van der Waals surface area (Å²) in [6.07, 6.45) is 13.0. The summed E-state index contributed by atoms with van der Waals surface area (Å²) in [7, 11) is 0. The summed E-state index contributed by atoms with van der Waals surface area (Å²) in [6, 6.07) is 1.58. The number of hydrogen-bond donors (Lipinski definition) is 1. The average molecular weight is 223 g/mol. The first-order chi connectivity index (χ1) is 7.75. The van der Waals surface area contributed by atoms with E-state index >= 15 is 0 Å². The van der Waals surface area contributed by atoms with E-state index in [1.807, 2.05) is 0 Å². The summed E-state index contributed by atoms with van der Waals surface area (Å²) in [4.78, 5) is 0. The Morgan fingerprint density at radius 2 is 1.62 bits per heavy atom. The van der Waals surface area contributed by atoms with Gasteiger partial charge in [-0.25, -0.2) is 0 Å². The molecule has 0 aromatic rings. The lowest BCUT2D eigenvalue weighted by Crippen LogP contribution is -2.40. The summed E-state index contributed by atoms with van der Waals surface area (Å²) in [5.74, 6) is 1.94. The summed E-state index contributed by atoms with van der Waals surface area (Å²) in [6.45, 7) is 4.84. The van der Waals surface area contributed by atoms with Crippen molar-refractivity contribution in [3.05, 3.63) is 0 Å². The largest absolute Gasteiger partial charge is 0.311 e. The molecule has 16 heavy (non-hydrogen) atoms. The Balaban J connectivity index is 1.74. The molecule has 0 aromatic heterocycles. The van der Waals surface area contributed by atoms with Gasteiger partial charge < -0.3 is 5.32 Å². The molecular weight excluding hydrogens is 194 g/mol. The molecule has 2 saturated carbocycles. The van der Waals surface area contributed by atoms with E-state index in [1.54, 1.807) is 0 Å². The maximum absolute atomic E-state index is 3.92. The van der Waals surface area contributed by atoms with Crippen LogP contribution in [-0.2, 0) is 0 Å². The van der Waals surface area contributed by atoms with Gasteiger partial charge in [0.2, 0.25) is 0 Å². The normalized spacial score (nSPS) is 34.9. The number of nitrogens with one attached hydrogen (secondary N) is 1. The molecule has 0 bridgehead atoms. The second-order valence-corrected chi connectivity index (χ2v) is 6.31. The van der Waals surface area contributed by atoms with E-state index in [1.165, 1.54) is 57.8 Å². The minimum absolute atomic E-state index is 0.765. The van der Waals surface area contributed by atoms with Crippen LogP contribution in [0.1, 0.15) is 71.6 Å². The van der Waals surface area contributed by atoms with Crippen molar-refractivity contribution in [2.45, 2.75) is 83.7 Å². The molecule has 94 valence electrons. The Morgan fingerprint density at radius 1 is 0.875 bits per heavy atom. The summed E-state index contributed by atoms with van der Waals surface area (Å²) >= 11 is 0. The van der Waals surface area contributed by atoms with E-state index in [2.05, 4.69) is 19.2 Å². The molecule has 1 N–H and O–H groups in total. The highest BCUT2D eigenvalue weighted by Gasteiger charge is 2.24. The minimum atomic E-state index is 0.765. The van der Waals surface area contributed by atoms with Crippen molar-refractivity contribution in [1.82, 2.24) is 5.32 Å². The third kappa shape index (κ3) is 3.48. The maximum atomic E-state index is 3.92. The third-order valence-electron chi connectivity index (χ3n) is 4.86. The van der Waals surface area contributed by atoms with Crippen molar-refractivity contribution in [2.24, 2.45) is 11.8 Å². The van der Waals surface area contributed by atoms with Gasteiger partial charge in [0.25, 0.3) is 0 Å². The first-order valence-corrected chi connectivity index (χ1v) is 7.51. The van der Waals surface area contributed by atoms with Crippen molar-refractivity contribution in [2.75, 3.05) is 0 Å². The zero-order chi connectivity index (χ0) is 11.4. The fourth-order valence-electron chi connectivity index (χ4n) is 3.62. The topological polar surface area (TPSA) is 12.0 Å². The zero-order valence-electron chi connectivity index (χ0n) is 11.2. The van der Waals surface area contributed by atoms with Gasteiger partial charge in [-0.2, -0.15) is 0 Å². The fraction of sp³-hybridized carbons (Fsp3) is 1.00. The van der Waals surface area contributed by atoms with Gasteiger partial charge >= 0.3 is 0 Å². The molecule has 2 unspecified atom stereocenters. The van der Waals surface area contributed by atoms with Gasteiger partial charge in [0.15, 0.2) is 0 Å². The van der Waals surface area contributed by atoms with Crippen LogP contribution < -0.4 is 5.32 Å². The lowest BCUT2D eigenvalue weighted by Gasteiger charge is -2.26. The second-order valence-electron chi connectivity index (χ2n) is 6.31. The highest BCUT2D eigenvalue weighted by molar-refractivity contribution is 4.82. The molecule has 2 aliphatic rings. The van der Waals surface area contributed by atoms with Crippen LogP contribution in [0.5, 0.6) is 0 Å². The van der Waals surface area contributed by atoms with Crippen LogP contribution >= 0.6 is 0 Å². The Labute approximate surface area is 101 Å². The predicted octanol–water partition coefficient (Wildman–Crippen LogP) is 4.12. The smallest absolute Gasteiger partial charge is 0.00697 e. The van der Waals surface area contributed by atoms with E-state index in [0.29, 0.717) is 0 Å². The van der Waals surface area contributed by atoms with Crippen LogP contribution in [0, 0.1) is 11.8 Å². The molecule has 2 fully saturated rings. The third-order valence-corrected chi connectivity index (χ3v) is 4.86. The number of rotatable bonds is 3. The van der Waals surface area contributed by atoms with Gasteiger partial charge in [-0.1, -0.05) is 32.6 Å². The monoisotopic (exact) mass is 223 g/mol. The van der Waals surface area contributed by atoms with Gasteiger partial charge in [-0.15, -0.1) is 0 Å². The number of hydrogen-bond acceptors (Lipinski definition) is 1. The van der Waals surface area contributed by atoms with Crippen LogP contribution in [0.4, 0.5) is 0 Å². The van der Waals surface area contributed by atoms with Crippen LogP contribution in [0.25, 0.3) is 0 Å². The molecule has 0 aromatic carbocycles. The molecule has 0 heterocycles. The molecule has 1 heteroatoms. The van der Waals surface area contributed by atoms with E-state index < -0.39 is 0 Å². The van der Waals surface area contributed by atoms with Crippen LogP contribution in [0.2, 0.25) is 0 Å². The quantitative estimate of drug-likeness (QED) is 0.710. The van der Waals surface area contributed by atoms with Gasteiger partial charge in [0, 0.05) is 12.1 Å². The summed E-state index contributed by atoms with van der Waals surface area (Å²) in [5.41, 5.74) is 0. The lowest BCUT2D eigenvalue weighted by molar-refractivity contribution is 0.322. The Bertz CT molecular complexity index is 196. The van der Waals surface area contributed by atoms with Gasteiger partial charge in [-0.05, 0) is 50.9 Å². The molecule has 0 spiro atoms. The van der Waals surface area contributed by atoms with Crippen molar-refractivity contribution in [3.63, 3.8) is 0 Å². The van der Waals surface area contributed by atoms with Gasteiger partial charge in [0.05, 0.1) is 0 Å². The first kappa shape index (κ1) is 12.4. The van der Waals surface area contributed by atoms with Crippen molar-refractivity contribution in [1.29, 1.82) is 0 Å². The van der Waals surface area contributed by atoms with Crippen molar-refractivity contribution in [3.8, 4) is 0 Å². The van der Waals surface area contributed by atoms with Crippen molar-refractivity contribution >= 4 is 0 Å². The standard InChI is InChI=1S/C15H29N/c1-12-6-5-9-15(11-10-12)16-13(2)14-7-3-4-8-14/h12-16H,3-11H2,1-2H3/t12?,13-,15?/m1/s1. The Kier molecular flexibility index (Phi) is 4.69. The minimum Gasteiger partial charge on any atom is -0.311 e. The first-order valence-electron chi connectivity index (χ1n) is 7.51. The fourth-order valence-corrected chi connectivity index (χ4v) is 3.62. The average Bonchev–Trinajstić information content (AvgIpc) is 2.72. The Morgan fingerprint density at radius 3 is 2.38 bits per heavy atom. The SMILES string of the molecule is CC1CCCC(N[C@H](C)C2CCCC2)CC1. The molecule has 0 radical (unpaired) electrons. The van der Waals surface area contributed by atoms with E-state index in [0.717, 1.165) is 23.9 Å². The van der Waals surface area contributed by atoms with Crippen LogP contribution in [0.3, 0.4) is 0 Å². The molecule has 2 aliphatic carbocycles. The van der Waals surface area contributed by atoms with Gasteiger partial charge in [0.1, 0.15) is 0 Å². The molecule has 0 saturated heterocycles.